The van der Waals surface area contributed by atoms with Crippen LogP contribution in [0.1, 0.15) is 50.4 Å². The van der Waals surface area contributed by atoms with Gasteiger partial charge in [-0.15, -0.1) is 0 Å². The Hall–Kier alpha value is -1.87. The molecule has 1 N–H and O–H groups in total. The van der Waals surface area contributed by atoms with Crippen molar-refractivity contribution in [1.82, 2.24) is 20.0 Å². The van der Waals surface area contributed by atoms with Crippen molar-refractivity contribution >= 4 is 5.91 Å². The maximum atomic E-state index is 12.6. The van der Waals surface area contributed by atoms with Crippen molar-refractivity contribution in [2.75, 3.05) is 13.1 Å². The molecule has 1 saturated carbocycles. The van der Waals surface area contributed by atoms with E-state index in [0.29, 0.717) is 18.5 Å². The molecule has 1 saturated heterocycles. The normalized spacial score (nSPS) is 23.7. The molecule has 1 aliphatic heterocycles. The number of likely N-dealkylation sites (tertiary alicyclic amines) is 1. The number of rotatable bonds is 6. The van der Waals surface area contributed by atoms with Crippen LogP contribution in [0, 0.1) is 31.1 Å². The fourth-order valence-electron chi connectivity index (χ4n) is 3.93. The first-order valence-corrected chi connectivity index (χ1v) is 9.38. The first-order valence-electron chi connectivity index (χ1n) is 9.38. The number of nitrogens with zero attached hydrogens (tertiary/aromatic N) is 4. The lowest BCUT2D eigenvalue weighted by atomic mass is 9.97. The molecule has 25 heavy (non-hydrogen) atoms. The Labute approximate surface area is 150 Å². The maximum Gasteiger partial charge on any atom is 0.235 e. The average Bonchev–Trinajstić information content (AvgIpc) is 3.36. The van der Waals surface area contributed by atoms with Crippen LogP contribution in [-0.2, 0) is 11.3 Å². The zero-order valence-corrected chi connectivity index (χ0v) is 15.6. The minimum Gasteiger partial charge on any atom is -0.337 e. The van der Waals surface area contributed by atoms with Crippen LogP contribution < -0.4 is 5.32 Å². The van der Waals surface area contributed by atoms with E-state index in [-0.39, 0.29) is 5.91 Å². The van der Waals surface area contributed by atoms with Crippen LogP contribution in [0.2, 0.25) is 0 Å². The van der Waals surface area contributed by atoms with Gasteiger partial charge in [-0.3, -0.25) is 14.4 Å². The fraction of sp³-hybridized carbons (Fsp3) is 0.737. The SMILES string of the molecule is Cc1cc(C)n(C[C@H]2CCCCN2CC(=O)N[C@](C)(C#N)C2CC2)n1. The summed E-state index contributed by atoms with van der Waals surface area (Å²) < 4.78 is 2.06. The number of hydrogen-bond donors (Lipinski definition) is 1. The van der Waals surface area contributed by atoms with Gasteiger partial charge in [-0.25, -0.2) is 0 Å². The Bertz CT molecular complexity index is 672. The standard InChI is InChI=1S/C19H29N5O/c1-14-10-15(2)24(22-14)11-17-6-4-5-9-23(17)12-18(25)21-19(3,13-20)16-7-8-16/h10,16-17H,4-9,11-12H2,1-3H3,(H,21,25)/t17-,19-/m1/s1. The number of nitriles is 1. The third kappa shape index (κ3) is 4.21. The van der Waals surface area contributed by atoms with Gasteiger partial charge in [0.15, 0.2) is 0 Å². The molecular weight excluding hydrogens is 314 g/mol. The summed E-state index contributed by atoms with van der Waals surface area (Å²) in [7, 11) is 0. The predicted molar refractivity (Wildman–Crippen MR) is 95.8 cm³/mol. The number of hydrogen-bond acceptors (Lipinski definition) is 4. The highest BCUT2D eigenvalue weighted by Crippen LogP contribution is 2.39. The first-order chi connectivity index (χ1) is 11.9. The molecule has 136 valence electrons. The summed E-state index contributed by atoms with van der Waals surface area (Å²) in [5.41, 5.74) is 1.49. The van der Waals surface area contributed by atoms with Crippen molar-refractivity contribution in [3.63, 3.8) is 0 Å². The van der Waals surface area contributed by atoms with Gasteiger partial charge in [-0.05, 0) is 65.0 Å². The van der Waals surface area contributed by atoms with Gasteiger partial charge in [0.2, 0.25) is 5.91 Å². The Balaban J connectivity index is 1.62. The highest BCUT2D eigenvalue weighted by molar-refractivity contribution is 5.79. The van der Waals surface area contributed by atoms with Crippen LogP contribution in [0.15, 0.2) is 6.07 Å². The van der Waals surface area contributed by atoms with E-state index in [1.807, 2.05) is 13.8 Å². The van der Waals surface area contributed by atoms with E-state index in [2.05, 4.69) is 39.1 Å². The lowest BCUT2D eigenvalue weighted by Gasteiger charge is -2.36. The van der Waals surface area contributed by atoms with E-state index in [1.165, 1.54) is 12.1 Å². The second-order valence-electron chi connectivity index (χ2n) is 7.87. The van der Waals surface area contributed by atoms with Crippen molar-refractivity contribution in [2.24, 2.45) is 5.92 Å². The summed E-state index contributed by atoms with van der Waals surface area (Å²) in [6.45, 7) is 8.07. The Morgan fingerprint density at radius 3 is 2.76 bits per heavy atom. The van der Waals surface area contributed by atoms with Gasteiger partial charge in [-0.2, -0.15) is 10.4 Å². The highest BCUT2D eigenvalue weighted by Gasteiger charge is 2.43. The molecule has 6 heteroatoms. The fourth-order valence-corrected chi connectivity index (χ4v) is 3.93. The topological polar surface area (TPSA) is 74.0 Å². The summed E-state index contributed by atoms with van der Waals surface area (Å²) in [5.74, 6) is 0.282. The van der Waals surface area contributed by atoms with E-state index in [4.69, 9.17) is 0 Å². The summed E-state index contributed by atoms with van der Waals surface area (Å²) >= 11 is 0. The van der Waals surface area contributed by atoms with Gasteiger partial charge in [-0.1, -0.05) is 6.42 Å². The zero-order valence-electron chi connectivity index (χ0n) is 15.6. The number of carbonyl (C=O) groups is 1. The molecule has 2 aliphatic rings. The molecule has 2 heterocycles. The largest absolute Gasteiger partial charge is 0.337 e. The third-order valence-corrected chi connectivity index (χ3v) is 5.61. The Morgan fingerprint density at radius 1 is 1.40 bits per heavy atom. The van der Waals surface area contributed by atoms with Crippen molar-refractivity contribution in [3.8, 4) is 6.07 Å². The van der Waals surface area contributed by atoms with Crippen molar-refractivity contribution in [1.29, 1.82) is 5.26 Å². The van der Waals surface area contributed by atoms with Crippen LogP contribution in [0.25, 0.3) is 0 Å². The molecule has 3 rings (SSSR count). The molecule has 1 aliphatic carbocycles. The van der Waals surface area contributed by atoms with Crippen LogP contribution in [0.5, 0.6) is 0 Å². The number of nitrogens with one attached hydrogen (secondary N) is 1. The number of amides is 1. The molecule has 0 aromatic carbocycles. The predicted octanol–water partition coefficient (Wildman–Crippen LogP) is 2.16. The number of carbonyl (C=O) groups excluding carboxylic acids is 1. The lowest BCUT2D eigenvalue weighted by Crippen LogP contribution is -2.53. The molecule has 0 radical (unpaired) electrons. The summed E-state index contributed by atoms with van der Waals surface area (Å²) in [5, 5.41) is 17.0. The van der Waals surface area contributed by atoms with Gasteiger partial charge in [0.05, 0.1) is 24.9 Å². The van der Waals surface area contributed by atoms with Crippen LogP contribution in [-0.4, -0.2) is 45.3 Å². The van der Waals surface area contributed by atoms with Gasteiger partial charge >= 0.3 is 0 Å². The molecule has 1 amide bonds. The second-order valence-corrected chi connectivity index (χ2v) is 7.87. The van der Waals surface area contributed by atoms with Gasteiger partial charge in [0, 0.05) is 11.7 Å². The quantitative estimate of drug-likeness (QED) is 0.859. The molecule has 1 aromatic heterocycles. The smallest absolute Gasteiger partial charge is 0.235 e. The van der Waals surface area contributed by atoms with Gasteiger partial charge in [0.1, 0.15) is 5.54 Å². The Kier molecular flexibility index (Phi) is 5.14. The molecular formula is C19H29N5O. The second kappa shape index (κ2) is 7.17. The zero-order chi connectivity index (χ0) is 18.0. The minimum atomic E-state index is -0.710. The monoisotopic (exact) mass is 343 g/mol. The van der Waals surface area contributed by atoms with Crippen LogP contribution in [0.4, 0.5) is 0 Å². The van der Waals surface area contributed by atoms with Crippen molar-refractivity contribution < 1.29 is 4.79 Å². The molecule has 0 bridgehead atoms. The van der Waals surface area contributed by atoms with Crippen LogP contribution in [0.3, 0.4) is 0 Å². The van der Waals surface area contributed by atoms with Crippen molar-refractivity contribution in [2.45, 2.75) is 71.0 Å². The van der Waals surface area contributed by atoms with E-state index < -0.39 is 5.54 Å². The number of piperidine rings is 1. The lowest BCUT2D eigenvalue weighted by molar-refractivity contribution is -0.124. The number of aromatic nitrogens is 2. The minimum absolute atomic E-state index is 0.0313. The molecule has 2 atom stereocenters. The van der Waals surface area contributed by atoms with Crippen molar-refractivity contribution in [3.05, 3.63) is 17.5 Å². The number of aryl methyl sites for hydroxylation is 2. The van der Waals surface area contributed by atoms with E-state index >= 15 is 0 Å². The molecule has 2 fully saturated rings. The molecule has 6 nitrogen and oxygen atoms in total. The third-order valence-electron chi connectivity index (χ3n) is 5.61. The Morgan fingerprint density at radius 2 is 2.16 bits per heavy atom. The summed E-state index contributed by atoms with van der Waals surface area (Å²) in [4.78, 5) is 14.8. The van der Waals surface area contributed by atoms with Gasteiger partial charge in [0.25, 0.3) is 0 Å². The van der Waals surface area contributed by atoms with E-state index in [9.17, 15) is 10.1 Å². The van der Waals surface area contributed by atoms with E-state index in [1.54, 1.807) is 0 Å². The molecule has 1 aromatic rings. The first kappa shape index (κ1) is 17.9. The molecule has 0 unspecified atom stereocenters. The molecule has 0 spiro atoms. The van der Waals surface area contributed by atoms with E-state index in [0.717, 1.165) is 44.5 Å². The van der Waals surface area contributed by atoms with Gasteiger partial charge < -0.3 is 5.32 Å². The summed E-state index contributed by atoms with van der Waals surface area (Å²) in [6.07, 6.45) is 5.48. The van der Waals surface area contributed by atoms with Crippen LogP contribution >= 0.6 is 0 Å². The summed E-state index contributed by atoms with van der Waals surface area (Å²) in [6, 6.07) is 4.72. The maximum absolute atomic E-state index is 12.6. The highest BCUT2D eigenvalue weighted by atomic mass is 16.2. The average molecular weight is 343 g/mol.